The van der Waals surface area contributed by atoms with Crippen molar-refractivity contribution in [3.05, 3.63) is 0 Å². The van der Waals surface area contributed by atoms with Crippen molar-refractivity contribution in [3.63, 3.8) is 0 Å². The summed E-state index contributed by atoms with van der Waals surface area (Å²) in [7, 11) is 0. The Labute approximate surface area is 81.2 Å². The maximum absolute atomic E-state index is 5.75. The smallest absolute Gasteiger partial charge is 0.0599 e. The maximum Gasteiger partial charge on any atom is 0.0599 e. The summed E-state index contributed by atoms with van der Waals surface area (Å²) in [6, 6.07) is 0. The van der Waals surface area contributed by atoms with Crippen LogP contribution in [0, 0.1) is 0 Å². The average Bonchev–Trinajstić information content (AvgIpc) is 2.19. The van der Waals surface area contributed by atoms with E-state index in [9.17, 15) is 0 Å². The highest BCUT2D eigenvalue weighted by Gasteiger charge is 2.17. The van der Waals surface area contributed by atoms with Crippen molar-refractivity contribution >= 4 is 0 Å². The molecular weight excluding hydrogens is 164 g/mol. The summed E-state index contributed by atoms with van der Waals surface area (Å²) in [5.41, 5.74) is 5.56. The van der Waals surface area contributed by atoms with E-state index in [2.05, 4.69) is 11.8 Å². The summed E-state index contributed by atoms with van der Waals surface area (Å²) in [6.45, 7) is 6.03. The van der Waals surface area contributed by atoms with Crippen molar-refractivity contribution in [2.75, 3.05) is 26.4 Å². The second kappa shape index (κ2) is 6.35. The molecule has 0 bridgehead atoms. The van der Waals surface area contributed by atoms with Crippen LogP contribution in [0.1, 0.15) is 32.6 Å². The second-order valence-corrected chi connectivity index (χ2v) is 3.72. The summed E-state index contributed by atoms with van der Waals surface area (Å²) < 4.78 is 5.75. The molecule has 0 unspecified atom stereocenters. The summed E-state index contributed by atoms with van der Waals surface area (Å²) in [5, 5.41) is 0. The van der Waals surface area contributed by atoms with Crippen LogP contribution < -0.4 is 5.73 Å². The Bertz CT molecular complexity index is 119. The number of rotatable bonds is 5. The number of likely N-dealkylation sites (tertiary alicyclic amines) is 1. The van der Waals surface area contributed by atoms with E-state index in [0.717, 1.165) is 32.5 Å². The normalized spacial score (nSPS) is 20.8. The fraction of sp³-hybridized carbons (Fsp3) is 1.00. The van der Waals surface area contributed by atoms with Crippen LogP contribution in [-0.2, 0) is 4.74 Å². The predicted molar refractivity (Wildman–Crippen MR) is 54.5 cm³/mol. The molecule has 78 valence electrons. The molecule has 13 heavy (non-hydrogen) atoms. The molecule has 1 heterocycles. The van der Waals surface area contributed by atoms with Gasteiger partial charge in [0.2, 0.25) is 0 Å². The maximum atomic E-state index is 5.75. The van der Waals surface area contributed by atoms with E-state index in [1.54, 1.807) is 0 Å². The van der Waals surface area contributed by atoms with Crippen LogP contribution >= 0.6 is 0 Å². The van der Waals surface area contributed by atoms with Crippen LogP contribution in [0.3, 0.4) is 0 Å². The van der Waals surface area contributed by atoms with E-state index in [4.69, 9.17) is 10.5 Å². The van der Waals surface area contributed by atoms with Gasteiger partial charge in [0.05, 0.1) is 6.10 Å². The quantitative estimate of drug-likeness (QED) is 0.655. The minimum absolute atomic E-state index is 0.495. The number of ether oxygens (including phenoxy) is 1. The zero-order valence-electron chi connectivity index (χ0n) is 8.67. The highest BCUT2D eigenvalue weighted by molar-refractivity contribution is 4.71. The first kappa shape index (κ1) is 11.0. The molecule has 0 amide bonds. The van der Waals surface area contributed by atoms with Crippen LogP contribution in [0.5, 0.6) is 0 Å². The lowest BCUT2D eigenvalue weighted by Crippen LogP contribution is -2.40. The Morgan fingerprint density at radius 1 is 1.38 bits per heavy atom. The second-order valence-electron chi connectivity index (χ2n) is 3.72. The molecule has 0 radical (unpaired) electrons. The molecule has 0 aromatic rings. The Balaban J connectivity index is 2.03. The summed E-state index contributed by atoms with van der Waals surface area (Å²) >= 11 is 0. The number of nitrogens with zero attached hydrogens (tertiary/aromatic N) is 1. The molecule has 0 aromatic heterocycles. The standard InChI is InChI=1S/C10H22N2O/c1-2-3-8-13-10-4-6-12(9-11)7-5-10/h10H,2-9,11H2,1H3. The Morgan fingerprint density at radius 3 is 2.62 bits per heavy atom. The summed E-state index contributed by atoms with van der Waals surface area (Å²) in [5.74, 6) is 0. The Hall–Kier alpha value is -0.120. The SMILES string of the molecule is CCCCOC1CCN(CN)CC1. The lowest BCUT2D eigenvalue weighted by Gasteiger charge is -2.30. The van der Waals surface area contributed by atoms with Gasteiger partial charge in [-0.25, -0.2) is 0 Å². The largest absolute Gasteiger partial charge is 0.378 e. The van der Waals surface area contributed by atoms with Crippen molar-refractivity contribution < 1.29 is 4.74 Å². The van der Waals surface area contributed by atoms with Gasteiger partial charge in [-0.15, -0.1) is 0 Å². The first-order valence-corrected chi connectivity index (χ1v) is 5.40. The van der Waals surface area contributed by atoms with Gasteiger partial charge in [0, 0.05) is 26.4 Å². The van der Waals surface area contributed by atoms with Gasteiger partial charge in [0.1, 0.15) is 0 Å². The first-order valence-electron chi connectivity index (χ1n) is 5.40. The van der Waals surface area contributed by atoms with E-state index in [0.29, 0.717) is 12.8 Å². The van der Waals surface area contributed by atoms with Gasteiger partial charge >= 0.3 is 0 Å². The number of hydrogen-bond donors (Lipinski definition) is 1. The molecule has 0 aliphatic carbocycles. The van der Waals surface area contributed by atoms with Crippen molar-refractivity contribution in [1.29, 1.82) is 0 Å². The van der Waals surface area contributed by atoms with Crippen molar-refractivity contribution in [2.24, 2.45) is 5.73 Å². The molecule has 3 heteroatoms. The zero-order valence-corrected chi connectivity index (χ0v) is 8.67. The van der Waals surface area contributed by atoms with Crippen LogP contribution in [-0.4, -0.2) is 37.4 Å². The van der Waals surface area contributed by atoms with Crippen LogP contribution in [0.15, 0.2) is 0 Å². The van der Waals surface area contributed by atoms with Gasteiger partial charge in [0.15, 0.2) is 0 Å². The first-order chi connectivity index (χ1) is 6.36. The lowest BCUT2D eigenvalue weighted by atomic mass is 10.1. The number of nitrogens with two attached hydrogens (primary N) is 1. The predicted octanol–water partition coefficient (Wildman–Crippen LogP) is 1.18. The van der Waals surface area contributed by atoms with E-state index in [1.165, 1.54) is 12.8 Å². The molecule has 2 N–H and O–H groups in total. The highest BCUT2D eigenvalue weighted by Crippen LogP contribution is 2.12. The molecule has 1 aliphatic rings. The molecule has 1 saturated heterocycles. The van der Waals surface area contributed by atoms with Crippen molar-refractivity contribution in [3.8, 4) is 0 Å². The Morgan fingerprint density at radius 2 is 2.08 bits per heavy atom. The minimum Gasteiger partial charge on any atom is -0.378 e. The molecule has 0 spiro atoms. The lowest BCUT2D eigenvalue weighted by molar-refractivity contribution is 0.00691. The summed E-state index contributed by atoms with van der Waals surface area (Å²) in [4.78, 5) is 2.28. The topological polar surface area (TPSA) is 38.5 Å². The average molecular weight is 186 g/mol. The fourth-order valence-electron chi connectivity index (χ4n) is 1.65. The molecular formula is C10H22N2O. The number of piperidine rings is 1. The van der Waals surface area contributed by atoms with Crippen molar-refractivity contribution in [1.82, 2.24) is 4.90 Å². The van der Waals surface area contributed by atoms with Gasteiger partial charge < -0.3 is 10.5 Å². The van der Waals surface area contributed by atoms with Crippen LogP contribution in [0.4, 0.5) is 0 Å². The number of unbranched alkanes of at least 4 members (excludes halogenated alkanes) is 1. The third-order valence-corrected chi connectivity index (χ3v) is 2.64. The minimum atomic E-state index is 0.495. The molecule has 1 fully saturated rings. The molecule has 1 rings (SSSR count). The zero-order chi connectivity index (χ0) is 9.52. The third kappa shape index (κ3) is 4.07. The fourth-order valence-corrected chi connectivity index (χ4v) is 1.65. The van der Waals surface area contributed by atoms with Gasteiger partial charge in [0.25, 0.3) is 0 Å². The van der Waals surface area contributed by atoms with Gasteiger partial charge in [-0.2, -0.15) is 0 Å². The van der Waals surface area contributed by atoms with Crippen LogP contribution in [0.25, 0.3) is 0 Å². The molecule has 3 nitrogen and oxygen atoms in total. The van der Waals surface area contributed by atoms with Gasteiger partial charge in [-0.3, -0.25) is 4.90 Å². The van der Waals surface area contributed by atoms with Gasteiger partial charge in [-0.1, -0.05) is 13.3 Å². The van der Waals surface area contributed by atoms with Crippen molar-refractivity contribution in [2.45, 2.75) is 38.7 Å². The van der Waals surface area contributed by atoms with E-state index in [-0.39, 0.29) is 0 Å². The van der Waals surface area contributed by atoms with Gasteiger partial charge in [-0.05, 0) is 19.3 Å². The number of hydrogen-bond acceptors (Lipinski definition) is 3. The van der Waals surface area contributed by atoms with E-state index in [1.807, 2.05) is 0 Å². The molecule has 1 aliphatic heterocycles. The Kier molecular flexibility index (Phi) is 5.35. The third-order valence-electron chi connectivity index (χ3n) is 2.64. The van der Waals surface area contributed by atoms with E-state index < -0.39 is 0 Å². The van der Waals surface area contributed by atoms with Crippen LogP contribution in [0.2, 0.25) is 0 Å². The highest BCUT2D eigenvalue weighted by atomic mass is 16.5. The molecule has 0 atom stereocenters. The molecule has 0 saturated carbocycles. The summed E-state index contributed by atoms with van der Waals surface area (Å²) in [6.07, 6.45) is 5.22. The van der Waals surface area contributed by atoms with E-state index >= 15 is 0 Å². The molecule has 0 aromatic carbocycles. The monoisotopic (exact) mass is 186 g/mol.